The molecule has 0 bridgehead atoms. The Bertz CT molecular complexity index is 751. The number of nitrogens with two attached hydrogens (primary N) is 1. The van der Waals surface area contributed by atoms with Crippen LogP contribution in [0.4, 0.5) is 0 Å². The number of hydrogen-bond donors (Lipinski definition) is 1. The molecule has 3 heteroatoms. The standard InChI is InChI=1S/C25H37BrN2/c26-22-12-15-25-24(16-22)21(18-28(25)17-20-7-2-1-3-8-20)9-5-4-6-19-10-13-23(27)14-11-19/h12,15-16,18-20,23H,1-11,13-14,17,27H2. The molecule has 0 radical (unpaired) electrons. The maximum Gasteiger partial charge on any atom is 0.0484 e. The van der Waals surface area contributed by atoms with Crippen molar-refractivity contribution in [3.05, 3.63) is 34.4 Å². The van der Waals surface area contributed by atoms with Crippen molar-refractivity contribution in [3.8, 4) is 0 Å². The van der Waals surface area contributed by atoms with Gasteiger partial charge in [0.2, 0.25) is 0 Å². The van der Waals surface area contributed by atoms with Crippen LogP contribution in [-0.2, 0) is 13.0 Å². The number of nitrogens with zero attached hydrogens (tertiary/aromatic N) is 1. The Balaban J connectivity index is 1.37. The van der Waals surface area contributed by atoms with Crippen molar-refractivity contribution in [3.63, 3.8) is 0 Å². The molecule has 0 amide bonds. The van der Waals surface area contributed by atoms with Gasteiger partial charge in [-0.15, -0.1) is 0 Å². The maximum atomic E-state index is 6.06. The Labute approximate surface area is 179 Å². The Morgan fingerprint density at radius 1 is 0.929 bits per heavy atom. The Morgan fingerprint density at radius 2 is 1.71 bits per heavy atom. The Kier molecular flexibility index (Phi) is 7.17. The van der Waals surface area contributed by atoms with Crippen molar-refractivity contribution < 1.29 is 0 Å². The van der Waals surface area contributed by atoms with Crippen LogP contribution in [0.2, 0.25) is 0 Å². The van der Waals surface area contributed by atoms with Crippen LogP contribution in [0.3, 0.4) is 0 Å². The fourth-order valence-electron chi connectivity index (χ4n) is 5.57. The third kappa shape index (κ3) is 5.21. The van der Waals surface area contributed by atoms with Crippen LogP contribution < -0.4 is 5.73 Å². The predicted molar refractivity (Wildman–Crippen MR) is 124 cm³/mol. The van der Waals surface area contributed by atoms with Crippen LogP contribution in [0.1, 0.15) is 82.6 Å². The largest absolute Gasteiger partial charge is 0.347 e. The third-order valence-corrected chi connectivity index (χ3v) is 7.80. The molecule has 0 atom stereocenters. The maximum absolute atomic E-state index is 6.06. The van der Waals surface area contributed by atoms with E-state index in [4.69, 9.17) is 5.73 Å². The summed E-state index contributed by atoms with van der Waals surface area (Å²) in [6.45, 7) is 1.21. The van der Waals surface area contributed by atoms with Crippen molar-refractivity contribution in [2.45, 2.75) is 96.1 Å². The van der Waals surface area contributed by atoms with E-state index in [9.17, 15) is 0 Å². The fraction of sp³-hybridized carbons (Fsp3) is 0.680. The molecule has 4 rings (SSSR count). The summed E-state index contributed by atoms with van der Waals surface area (Å²) in [7, 11) is 0. The molecule has 1 aromatic carbocycles. The van der Waals surface area contributed by atoms with E-state index in [2.05, 4.69) is 44.9 Å². The topological polar surface area (TPSA) is 30.9 Å². The summed E-state index contributed by atoms with van der Waals surface area (Å²) in [4.78, 5) is 0. The molecule has 2 saturated carbocycles. The van der Waals surface area contributed by atoms with Crippen molar-refractivity contribution >= 4 is 26.8 Å². The molecule has 0 saturated heterocycles. The van der Waals surface area contributed by atoms with Crippen LogP contribution in [0.15, 0.2) is 28.9 Å². The van der Waals surface area contributed by atoms with Crippen molar-refractivity contribution in [1.29, 1.82) is 0 Å². The highest BCUT2D eigenvalue weighted by Crippen LogP contribution is 2.31. The highest BCUT2D eigenvalue weighted by molar-refractivity contribution is 9.10. The molecular formula is C25H37BrN2. The van der Waals surface area contributed by atoms with Gasteiger partial charge >= 0.3 is 0 Å². The SMILES string of the molecule is NC1CCC(CCCCc2cn(CC3CCCCC3)c3ccc(Br)cc23)CC1. The van der Waals surface area contributed by atoms with E-state index in [-0.39, 0.29) is 0 Å². The van der Waals surface area contributed by atoms with Crippen LogP contribution in [-0.4, -0.2) is 10.6 Å². The molecule has 1 heterocycles. The van der Waals surface area contributed by atoms with E-state index in [1.807, 2.05) is 0 Å². The quantitative estimate of drug-likeness (QED) is 0.449. The molecule has 28 heavy (non-hydrogen) atoms. The minimum atomic E-state index is 0.477. The number of rotatable bonds is 7. The zero-order valence-corrected chi connectivity index (χ0v) is 18.9. The molecule has 0 spiro atoms. The van der Waals surface area contributed by atoms with Gasteiger partial charge in [-0.05, 0) is 87.0 Å². The second kappa shape index (κ2) is 9.80. The smallest absolute Gasteiger partial charge is 0.0484 e. The van der Waals surface area contributed by atoms with E-state index < -0.39 is 0 Å². The highest BCUT2D eigenvalue weighted by atomic mass is 79.9. The second-order valence-electron chi connectivity index (χ2n) is 9.50. The fourth-order valence-corrected chi connectivity index (χ4v) is 5.93. The number of hydrogen-bond acceptors (Lipinski definition) is 1. The summed E-state index contributed by atoms with van der Waals surface area (Å²) in [6, 6.07) is 7.34. The van der Waals surface area contributed by atoms with E-state index >= 15 is 0 Å². The minimum Gasteiger partial charge on any atom is -0.347 e. The molecule has 1 aromatic heterocycles. The van der Waals surface area contributed by atoms with Gasteiger partial charge in [0.1, 0.15) is 0 Å². The first kappa shape index (κ1) is 20.5. The van der Waals surface area contributed by atoms with Crippen LogP contribution in [0.25, 0.3) is 10.9 Å². The van der Waals surface area contributed by atoms with E-state index in [0.29, 0.717) is 6.04 Å². The summed E-state index contributed by atoms with van der Waals surface area (Å²) >= 11 is 3.69. The molecule has 154 valence electrons. The van der Waals surface area contributed by atoms with E-state index in [1.54, 1.807) is 5.56 Å². The zero-order valence-electron chi connectivity index (χ0n) is 17.3. The van der Waals surface area contributed by atoms with Gasteiger partial charge in [0.25, 0.3) is 0 Å². The Morgan fingerprint density at radius 3 is 2.50 bits per heavy atom. The number of unbranched alkanes of at least 4 members (excludes halogenated alkanes) is 1. The van der Waals surface area contributed by atoms with Gasteiger partial charge in [-0.25, -0.2) is 0 Å². The third-order valence-electron chi connectivity index (χ3n) is 7.31. The van der Waals surface area contributed by atoms with Gasteiger partial charge in [-0.3, -0.25) is 0 Å². The van der Waals surface area contributed by atoms with Crippen LogP contribution >= 0.6 is 15.9 Å². The summed E-state index contributed by atoms with van der Waals surface area (Å²) in [5, 5.41) is 1.47. The summed E-state index contributed by atoms with van der Waals surface area (Å²) in [6.07, 6.45) is 20.1. The molecule has 0 unspecified atom stereocenters. The van der Waals surface area contributed by atoms with Crippen molar-refractivity contribution in [2.75, 3.05) is 0 Å². The summed E-state index contributed by atoms with van der Waals surface area (Å²) in [5.41, 5.74) is 9.04. The van der Waals surface area contributed by atoms with Crippen LogP contribution in [0.5, 0.6) is 0 Å². The lowest BCUT2D eigenvalue weighted by Gasteiger charge is -2.25. The monoisotopic (exact) mass is 444 g/mol. The van der Waals surface area contributed by atoms with Crippen LogP contribution in [0, 0.1) is 11.8 Å². The first-order valence-electron chi connectivity index (χ1n) is 11.7. The molecule has 2 aliphatic carbocycles. The first-order valence-corrected chi connectivity index (χ1v) is 12.5. The number of fused-ring (bicyclic) bond motifs is 1. The van der Waals surface area contributed by atoms with Gasteiger partial charge in [0.15, 0.2) is 0 Å². The molecule has 2 N–H and O–H groups in total. The normalized spacial score (nSPS) is 24.1. The first-order chi connectivity index (χ1) is 13.7. The van der Waals surface area contributed by atoms with Gasteiger partial charge < -0.3 is 10.3 Å². The lowest BCUT2D eigenvalue weighted by Crippen LogP contribution is -2.26. The number of aryl methyl sites for hydroxylation is 1. The molecule has 2 fully saturated rings. The average Bonchev–Trinajstić information content (AvgIpc) is 3.04. The van der Waals surface area contributed by atoms with Gasteiger partial charge in [0.05, 0.1) is 0 Å². The molecule has 2 aliphatic rings. The lowest BCUT2D eigenvalue weighted by atomic mass is 9.83. The number of aromatic nitrogens is 1. The molecule has 2 nitrogen and oxygen atoms in total. The van der Waals surface area contributed by atoms with Crippen molar-refractivity contribution in [2.24, 2.45) is 17.6 Å². The summed E-state index contributed by atoms with van der Waals surface area (Å²) in [5.74, 6) is 1.81. The second-order valence-corrected chi connectivity index (χ2v) is 10.4. The number of benzene rings is 1. The minimum absolute atomic E-state index is 0.477. The number of halogens is 1. The Hall–Kier alpha value is -0.800. The van der Waals surface area contributed by atoms with Crippen molar-refractivity contribution in [1.82, 2.24) is 4.57 Å². The van der Waals surface area contributed by atoms with Gasteiger partial charge in [-0.2, -0.15) is 0 Å². The lowest BCUT2D eigenvalue weighted by molar-refractivity contribution is 0.303. The average molecular weight is 445 g/mol. The zero-order chi connectivity index (χ0) is 19.3. The van der Waals surface area contributed by atoms with Gasteiger partial charge in [0, 0.05) is 34.2 Å². The van der Waals surface area contributed by atoms with E-state index in [1.165, 1.54) is 105 Å². The highest BCUT2D eigenvalue weighted by Gasteiger charge is 2.19. The predicted octanol–water partition coefficient (Wildman–Crippen LogP) is 7.21. The van der Waals surface area contributed by atoms with E-state index in [0.717, 1.165) is 11.8 Å². The summed E-state index contributed by atoms with van der Waals surface area (Å²) < 4.78 is 3.77. The molecule has 0 aliphatic heterocycles. The van der Waals surface area contributed by atoms with Gasteiger partial charge in [-0.1, -0.05) is 48.0 Å². The molecular weight excluding hydrogens is 408 g/mol. The molecule has 2 aromatic rings.